The second-order valence-corrected chi connectivity index (χ2v) is 16.5. The minimum Gasteiger partial charge on any atom is -0.444 e. The summed E-state index contributed by atoms with van der Waals surface area (Å²) in [6.07, 6.45) is 9.53. The standard InChI is InChI=1S/C32H43N5O5S2/c1-20-17-28(36-37(20)29-7-5-6-16-41-29)34-23-12-15-25(27(18-23)44(39,40)24-13-14-24)30-33-19-26(43-30)21-8-10-22(11-9-21)35-31(38)42-32(2,3)4/h12,15,17-19,21-22,24,29H,5-11,13-14,16H2,1-4H3,(H,34,36)(H,35,38). The van der Waals surface area contributed by atoms with Gasteiger partial charge in [0.2, 0.25) is 0 Å². The molecule has 12 heteroatoms. The fourth-order valence-electron chi connectivity index (χ4n) is 6.07. The fraction of sp³-hybridized carbons (Fsp3) is 0.594. The molecule has 1 atom stereocenters. The van der Waals surface area contributed by atoms with Crippen molar-refractivity contribution in [3.8, 4) is 10.6 Å². The van der Waals surface area contributed by atoms with Crippen molar-refractivity contribution < 1.29 is 22.7 Å². The van der Waals surface area contributed by atoms with Crippen LogP contribution in [0.15, 0.2) is 35.4 Å². The number of hydrogen-bond donors (Lipinski definition) is 2. The Balaban J connectivity index is 1.18. The summed E-state index contributed by atoms with van der Waals surface area (Å²) in [5.41, 5.74) is 1.80. The highest BCUT2D eigenvalue weighted by molar-refractivity contribution is 7.92. The lowest BCUT2D eigenvalue weighted by Gasteiger charge is -2.29. The van der Waals surface area contributed by atoms with E-state index in [1.54, 1.807) is 17.4 Å². The number of carbonyl (C=O) groups excluding carboxylic acids is 1. The van der Waals surface area contributed by atoms with E-state index >= 15 is 0 Å². The Morgan fingerprint density at radius 2 is 1.84 bits per heavy atom. The van der Waals surface area contributed by atoms with Crippen molar-refractivity contribution in [2.45, 2.75) is 119 Å². The first-order chi connectivity index (χ1) is 21.0. The van der Waals surface area contributed by atoms with E-state index in [0.717, 1.165) is 62.1 Å². The third kappa shape index (κ3) is 7.13. The molecule has 1 aliphatic heterocycles. The van der Waals surface area contributed by atoms with Gasteiger partial charge in [-0.2, -0.15) is 5.10 Å². The molecule has 1 amide bonds. The third-order valence-electron chi connectivity index (χ3n) is 8.48. The summed E-state index contributed by atoms with van der Waals surface area (Å²) in [7, 11) is -3.50. The molecule has 3 aliphatic rings. The van der Waals surface area contributed by atoms with Crippen LogP contribution < -0.4 is 10.6 Å². The maximum atomic E-state index is 13.6. The van der Waals surface area contributed by atoms with Gasteiger partial charge in [0.05, 0.1) is 10.1 Å². The van der Waals surface area contributed by atoms with Crippen LogP contribution in [0.3, 0.4) is 0 Å². The van der Waals surface area contributed by atoms with Crippen LogP contribution in [0.2, 0.25) is 0 Å². The SMILES string of the molecule is Cc1cc(Nc2ccc(-c3ncc(C4CCC(NC(=O)OC(C)(C)C)CC4)s3)c(S(=O)(=O)C3CC3)c2)nn1C1CCCCO1. The van der Waals surface area contributed by atoms with E-state index in [2.05, 4.69) is 10.6 Å². The van der Waals surface area contributed by atoms with Crippen LogP contribution in [-0.4, -0.2) is 52.8 Å². The number of alkyl carbamates (subject to hydrolysis) is 1. The molecule has 6 rings (SSSR count). The number of carbonyl (C=O) groups is 1. The molecule has 3 heterocycles. The molecule has 0 bridgehead atoms. The number of benzene rings is 1. The maximum absolute atomic E-state index is 13.6. The number of amides is 1. The second kappa shape index (κ2) is 12.4. The molecule has 2 N–H and O–H groups in total. The number of ether oxygens (including phenoxy) is 2. The zero-order valence-corrected chi connectivity index (χ0v) is 27.6. The molecule has 2 aliphatic carbocycles. The molecule has 1 saturated heterocycles. The predicted molar refractivity (Wildman–Crippen MR) is 171 cm³/mol. The van der Waals surface area contributed by atoms with Crippen LogP contribution in [0.4, 0.5) is 16.3 Å². The van der Waals surface area contributed by atoms with Gasteiger partial charge < -0.3 is 20.1 Å². The van der Waals surface area contributed by atoms with Gasteiger partial charge in [0.1, 0.15) is 10.6 Å². The van der Waals surface area contributed by atoms with Gasteiger partial charge in [-0.3, -0.25) is 0 Å². The average molecular weight is 642 g/mol. The molecular weight excluding hydrogens is 599 g/mol. The van der Waals surface area contributed by atoms with Crippen molar-refractivity contribution in [2.75, 3.05) is 11.9 Å². The molecule has 44 heavy (non-hydrogen) atoms. The molecule has 1 aromatic carbocycles. The van der Waals surface area contributed by atoms with Crippen molar-refractivity contribution in [3.63, 3.8) is 0 Å². The van der Waals surface area contributed by atoms with Crippen LogP contribution in [0, 0.1) is 6.92 Å². The Morgan fingerprint density at radius 3 is 2.52 bits per heavy atom. The first-order valence-electron chi connectivity index (χ1n) is 15.7. The molecule has 0 radical (unpaired) electrons. The number of nitrogens with one attached hydrogen (secondary N) is 2. The van der Waals surface area contributed by atoms with E-state index in [1.807, 2.05) is 56.8 Å². The summed E-state index contributed by atoms with van der Waals surface area (Å²) in [6.45, 7) is 8.33. The number of rotatable bonds is 8. The molecule has 2 saturated carbocycles. The van der Waals surface area contributed by atoms with Gasteiger partial charge in [-0.25, -0.2) is 22.9 Å². The monoisotopic (exact) mass is 641 g/mol. The number of anilines is 2. The van der Waals surface area contributed by atoms with Gasteiger partial charge in [-0.15, -0.1) is 11.3 Å². The van der Waals surface area contributed by atoms with E-state index in [9.17, 15) is 13.2 Å². The molecule has 3 fully saturated rings. The molecule has 10 nitrogen and oxygen atoms in total. The quantitative estimate of drug-likeness (QED) is 0.264. The van der Waals surface area contributed by atoms with Crippen LogP contribution in [0.25, 0.3) is 10.6 Å². The molecule has 3 aromatic rings. The van der Waals surface area contributed by atoms with E-state index < -0.39 is 15.4 Å². The Bertz CT molecular complexity index is 1590. The molecule has 238 valence electrons. The lowest BCUT2D eigenvalue weighted by atomic mass is 9.85. The maximum Gasteiger partial charge on any atom is 0.407 e. The Hall–Kier alpha value is -2.96. The van der Waals surface area contributed by atoms with Crippen molar-refractivity contribution in [3.05, 3.63) is 41.0 Å². The van der Waals surface area contributed by atoms with Crippen LogP contribution in [-0.2, 0) is 19.3 Å². The predicted octanol–water partition coefficient (Wildman–Crippen LogP) is 7.24. The Morgan fingerprint density at radius 1 is 1.07 bits per heavy atom. The largest absolute Gasteiger partial charge is 0.444 e. The highest BCUT2D eigenvalue weighted by Gasteiger charge is 2.39. The number of aromatic nitrogens is 3. The summed E-state index contributed by atoms with van der Waals surface area (Å²) >= 11 is 1.57. The topological polar surface area (TPSA) is 124 Å². The fourth-order valence-corrected chi connectivity index (χ4v) is 9.14. The van der Waals surface area contributed by atoms with E-state index in [4.69, 9.17) is 19.6 Å². The van der Waals surface area contributed by atoms with Crippen molar-refractivity contribution in [1.82, 2.24) is 20.1 Å². The number of sulfone groups is 1. The van der Waals surface area contributed by atoms with Gasteiger partial charge in [-0.1, -0.05) is 0 Å². The van der Waals surface area contributed by atoms with Gasteiger partial charge in [0.25, 0.3) is 0 Å². The summed E-state index contributed by atoms with van der Waals surface area (Å²) in [5, 5.41) is 11.4. The minimum atomic E-state index is -3.50. The lowest BCUT2D eigenvalue weighted by Crippen LogP contribution is -2.40. The first-order valence-corrected chi connectivity index (χ1v) is 18.1. The Labute approximate surface area is 263 Å². The average Bonchev–Trinajstić information content (AvgIpc) is 3.63. The van der Waals surface area contributed by atoms with Crippen molar-refractivity contribution in [1.29, 1.82) is 0 Å². The Kier molecular flexibility index (Phi) is 8.78. The molecular formula is C32H43N5O5S2. The summed E-state index contributed by atoms with van der Waals surface area (Å²) < 4.78 is 40.5. The van der Waals surface area contributed by atoms with Crippen LogP contribution in [0.5, 0.6) is 0 Å². The number of hydrogen-bond acceptors (Lipinski definition) is 9. The van der Waals surface area contributed by atoms with E-state index in [0.29, 0.717) is 45.7 Å². The van der Waals surface area contributed by atoms with Crippen molar-refractivity contribution in [2.24, 2.45) is 0 Å². The summed E-state index contributed by atoms with van der Waals surface area (Å²) in [5.74, 6) is 0.987. The zero-order valence-electron chi connectivity index (χ0n) is 26.0. The number of thiazole rings is 1. The highest BCUT2D eigenvalue weighted by Crippen LogP contribution is 2.43. The van der Waals surface area contributed by atoms with Crippen LogP contribution >= 0.6 is 11.3 Å². The van der Waals surface area contributed by atoms with Crippen LogP contribution in [0.1, 0.15) is 101 Å². The van der Waals surface area contributed by atoms with E-state index in [-0.39, 0.29) is 23.6 Å². The first kappa shape index (κ1) is 31.0. The minimum absolute atomic E-state index is 0.0668. The smallest absolute Gasteiger partial charge is 0.407 e. The highest BCUT2D eigenvalue weighted by atomic mass is 32.2. The number of nitrogens with zero attached hydrogens (tertiary/aromatic N) is 3. The molecule has 2 aromatic heterocycles. The van der Waals surface area contributed by atoms with Gasteiger partial charge in [0, 0.05) is 46.7 Å². The summed E-state index contributed by atoms with van der Waals surface area (Å²) in [4.78, 5) is 18.4. The summed E-state index contributed by atoms with van der Waals surface area (Å²) in [6, 6.07) is 7.57. The second-order valence-electron chi connectivity index (χ2n) is 13.3. The zero-order chi connectivity index (χ0) is 31.1. The lowest BCUT2D eigenvalue weighted by molar-refractivity contribution is -0.0404. The normalized spacial score (nSPS) is 22.9. The van der Waals surface area contributed by atoms with Gasteiger partial charge >= 0.3 is 6.09 Å². The third-order valence-corrected chi connectivity index (χ3v) is 12.0. The van der Waals surface area contributed by atoms with Gasteiger partial charge in [-0.05, 0) is 110 Å². The molecule has 0 spiro atoms. The molecule has 1 unspecified atom stereocenters. The number of aryl methyl sites for hydroxylation is 1. The van der Waals surface area contributed by atoms with E-state index in [1.165, 1.54) is 0 Å². The van der Waals surface area contributed by atoms with Gasteiger partial charge in [0.15, 0.2) is 21.9 Å². The van der Waals surface area contributed by atoms with Crippen molar-refractivity contribution >= 4 is 38.8 Å².